The van der Waals surface area contributed by atoms with Gasteiger partial charge in [-0.3, -0.25) is 0 Å². The van der Waals surface area contributed by atoms with E-state index < -0.39 is 5.41 Å². The fourth-order valence-electron chi connectivity index (χ4n) is 10.4. The Bertz CT molecular complexity index is 3080. The van der Waals surface area contributed by atoms with Crippen molar-refractivity contribution in [1.29, 1.82) is 0 Å². The predicted molar refractivity (Wildman–Crippen MR) is 254 cm³/mol. The summed E-state index contributed by atoms with van der Waals surface area (Å²) in [4.78, 5) is 10.4. The molecule has 1 N–H and O–H groups in total. The van der Waals surface area contributed by atoms with Crippen LogP contribution in [0, 0.1) is 0 Å². The van der Waals surface area contributed by atoms with Gasteiger partial charge in [-0.1, -0.05) is 194 Å². The van der Waals surface area contributed by atoms with Gasteiger partial charge in [0.1, 0.15) is 5.84 Å². The number of anilines is 1. The van der Waals surface area contributed by atoms with E-state index >= 15 is 0 Å². The summed E-state index contributed by atoms with van der Waals surface area (Å²) >= 11 is 1.89. The van der Waals surface area contributed by atoms with Gasteiger partial charge in [-0.15, -0.1) is 0 Å². The number of rotatable bonds is 5. The van der Waals surface area contributed by atoms with Crippen LogP contribution in [0.3, 0.4) is 0 Å². The van der Waals surface area contributed by atoms with Gasteiger partial charge in [0.15, 0.2) is 0 Å². The Morgan fingerprint density at radius 1 is 0.541 bits per heavy atom. The molecular formula is C57H41N3S. The SMILES string of the molecule is CN1C(c2ccccc2)=NC(c2ccccc2)=CC1c1cccc2c1-c1c(-c3ccc(-c4cccc5c4C=CCN5)cc3)cccc1C21c2ccccc2Sc2ccccc21. The molecule has 8 aromatic rings. The largest absolute Gasteiger partial charge is 0.381 e. The molecule has 290 valence electrons. The second-order valence-electron chi connectivity index (χ2n) is 16.2. The van der Waals surface area contributed by atoms with Gasteiger partial charge >= 0.3 is 0 Å². The Hall–Kier alpha value is -7.14. The average molecular weight is 800 g/mol. The van der Waals surface area contributed by atoms with Gasteiger partial charge < -0.3 is 10.2 Å². The number of nitrogens with zero attached hydrogens (tertiary/aromatic N) is 2. The van der Waals surface area contributed by atoms with Crippen LogP contribution in [-0.4, -0.2) is 24.3 Å². The van der Waals surface area contributed by atoms with Gasteiger partial charge in [0.2, 0.25) is 0 Å². The minimum absolute atomic E-state index is 0.106. The smallest absolute Gasteiger partial charge is 0.137 e. The van der Waals surface area contributed by atoms with Crippen LogP contribution in [-0.2, 0) is 5.41 Å². The standard InChI is InChI=1S/C57H41N3S/c1-60-51(36-50(39-16-4-2-5-17-39)59-56(60)40-18-6-3-7-19-40)44-22-13-27-48-55(44)54-42(38-33-31-37(32-34-38)41-20-14-28-49-43(41)23-15-35-58-49)21-12-26-47(54)57(48)45-24-8-10-29-52(45)61-53-30-11-9-25-46(53)57/h2-34,36,51,58H,35H2,1H3. The van der Waals surface area contributed by atoms with Crippen molar-refractivity contribution in [2.75, 3.05) is 18.9 Å². The van der Waals surface area contributed by atoms with E-state index in [1.54, 1.807) is 0 Å². The van der Waals surface area contributed by atoms with E-state index in [-0.39, 0.29) is 6.04 Å². The summed E-state index contributed by atoms with van der Waals surface area (Å²) in [6.07, 6.45) is 6.83. The molecule has 0 aromatic heterocycles. The van der Waals surface area contributed by atoms with Crippen LogP contribution in [0.4, 0.5) is 5.69 Å². The molecule has 8 aromatic carbocycles. The maximum absolute atomic E-state index is 5.38. The van der Waals surface area contributed by atoms with Crippen molar-refractivity contribution in [3.8, 4) is 33.4 Å². The van der Waals surface area contributed by atoms with E-state index in [4.69, 9.17) is 4.99 Å². The minimum Gasteiger partial charge on any atom is -0.381 e. The first-order valence-corrected chi connectivity index (χ1v) is 21.9. The van der Waals surface area contributed by atoms with Crippen molar-refractivity contribution in [3.63, 3.8) is 0 Å². The van der Waals surface area contributed by atoms with Crippen LogP contribution < -0.4 is 5.32 Å². The molecule has 0 saturated heterocycles. The number of aliphatic imine (C=N–C) groups is 1. The number of hydrogen-bond acceptors (Lipinski definition) is 4. The maximum Gasteiger partial charge on any atom is 0.137 e. The predicted octanol–water partition coefficient (Wildman–Crippen LogP) is 13.8. The van der Waals surface area contributed by atoms with E-state index in [9.17, 15) is 0 Å². The number of hydrogen-bond donors (Lipinski definition) is 1. The Balaban J connectivity index is 1.12. The molecule has 3 nitrogen and oxygen atoms in total. The van der Waals surface area contributed by atoms with E-state index in [1.165, 1.54) is 82.2 Å². The molecule has 12 rings (SSSR count). The third kappa shape index (κ3) is 5.49. The van der Waals surface area contributed by atoms with Crippen molar-refractivity contribution in [2.24, 2.45) is 4.99 Å². The fraction of sp³-hybridized carbons (Fsp3) is 0.0702. The normalized spacial score (nSPS) is 16.3. The minimum atomic E-state index is -0.521. The number of amidine groups is 1. The number of likely N-dealkylation sites (N-methyl/N-ethyl adjacent to an activating group) is 1. The van der Waals surface area contributed by atoms with Gasteiger partial charge in [0.05, 0.1) is 17.2 Å². The molecule has 4 heteroatoms. The molecule has 4 aliphatic rings. The molecule has 0 amide bonds. The van der Waals surface area contributed by atoms with Crippen molar-refractivity contribution >= 4 is 35.1 Å². The van der Waals surface area contributed by atoms with Gasteiger partial charge in [-0.05, 0) is 91.0 Å². The van der Waals surface area contributed by atoms with E-state index in [2.05, 4.69) is 224 Å². The molecule has 0 radical (unpaired) electrons. The summed E-state index contributed by atoms with van der Waals surface area (Å²) in [6.45, 7) is 0.855. The maximum atomic E-state index is 5.38. The number of fused-ring (bicyclic) bond motifs is 10. The quantitative estimate of drug-likeness (QED) is 0.188. The summed E-state index contributed by atoms with van der Waals surface area (Å²) in [5.41, 5.74) is 19.2. The highest BCUT2D eigenvalue weighted by Gasteiger charge is 2.52. The van der Waals surface area contributed by atoms with Crippen LogP contribution in [0.5, 0.6) is 0 Å². The van der Waals surface area contributed by atoms with E-state index in [0.717, 1.165) is 29.2 Å². The van der Waals surface area contributed by atoms with Crippen LogP contribution in [0.1, 0.15) is 50.5 Å². The summed E-state index contributed by atoms with van der Waals surface area (Å²) in [5, 5.41) is 3.55. The van der Waals surface area contributed by atoms with E-state index in [0.29, 0.717) is 0 Å². The highest BCUT2D eigenvalue weighted by molar-refractivity contribution is 7.99. The highest BCUT2D eigenvalue weighted by atomic mass is 32.2. The zero-order chi connectivity index (χ0) is 40.5. The highest BCUT2D eigenvalue weighted by Crippen LogP contribution is 2.64. The lowest BCUT2D eigenvalue weighted by atomic mass is 9.67. The van der Waals surface area contributed by atoms with Gasteiger partial charge in [-0.25, -0.2) is 4.99 Å². The van der Waals surface area contributed by atoms with Crippen LogP contribution in [0.2, 0.25) is 0 Å². The summed E-state index contributed by atoms with van der Waals surface area (Å²) in [7, 11) is 2.21. The van der Waals surface area contributed by atoms with E-state index in [1.807, 2.05) is 11.8 Å². The van der Waals surface area contributed by atoms with Crippen LogP contribution >= 0.6 is 11.8 Å². The zero-order valence-electron chi connectivity index (χ0n) is 33.7. The molecule has 0 bridgehead atoms. The van der Waals surface area contributed by atoms with Gasteiger partial charge in [-0.2, -0.15) is 0 Å². The van der Waals surface area contributed by atoms with Crippen molar-refractivity contribution < 1.29 is 0 Å². The van der Waals surface area contributed by atoms with Crippen LogP contribution in [0.25, 0.3) is 45.2 Å². The fourth-order valence-corrected chi connectivity index (χ4v) is 11.6. The van der Waals surface area contributed by atoms with Gasteiger partial charge in [0, 0.05) is 40.2 Å². The molecule has 0 fully saturated rings. The first-order valence-electron chi connectivity index (χ1n) is 21.1. The summed E-state index contributed by atoms with van der Waals surface area (Å²) in [5.74, 6) is 0.958. The topological polar surface area (TPSA) is 27.6 Å². The van der Waals surface area contributed by atoms with Crippen LogP contribution in [0.15, 0.2) is 215 Å². The van der Waals surface area contributed by atoms with Crippen molar-refractivity contribution in [3.05, 3.63) is 245 Å². The molecule has 1 unspecified atom stereocenters. The Morgan fingerprint density at radius 3 is 1.84 bits per heavy atom. The number of nitrogens with one attached hydrogen (secondary N) is 1. The molecular weight excluding hydrogens is 759 g/mol. The Labute approximate surface area is 361 Å². The summed E-state index contributed by atoms with van der Waals surface area (Å²) in [6, 6.07) is 69.3. The first kappa shape index (κ1) is 35.8. The lowest BCUT2D eigenvalue weighted by Gasteiger charge is -2.40. The molecule has 1 spiro atoms. The molecule has 3 aliphatic heterocycles. The van der Waals surface area contributed by atoms with Crippen molar-refractivity contribution in [1.82, 2.24) is 4.90 Å². The first-order chi connectivity index (χ1) is 30.2. The second-order valence-corrected chi connectivity index (χ2v) is 17.3. The lowest BCUT2D eigenvalue weighted by molar-refractivity contribution is 0.435. The summed E-state index contributed by atoms with van der Waals surface area (Å²) < 4.78 is 0. The zero-order valence-corrected chi connectivity index (χ0v) is 34.5. The molecule has 3 heterocycles. The monoisotopic (exact) mass is 799 g/mol. The molecule has 1 aliphatic carbocycles. The molecule has 1 atom stereocenters. The Kier molecular flexibility index (Phi) is 8.36. The molecule has 0 saturated carbocycles. The lowest BCUT2D eigenvalue weighted by Crippen LogP contribution is -2.34. The van der Waals surface area contributed by atoms with Gasteiger partial charge in [0.25, 0.3) is 0 Å². The molecule has 61 heavy (non-hydrogen) atoms. The average Bonchev–Trinajstić information content (AvgIpc) is 3.63. The Morgan fingerprint density at radius 2 is 1.11 bits per heavy atom. The number of benzene rings is 8. The van der Waals surface area contributed by atoms with Crippen molar-refractivity contribution in [2.45, 2.75) is 21.2 Å². The second kappa shape index (κ2) is 14.3. The third-order valence-electron chi connectivity index (χ3n) is 13.0. The third-order valence-corrected chi connectivity index (χ3v) is 14.2.